The van der Waals surface area contributed by atoms with Crippen molar-refractivity contribution in [2.24, 2.45) is 11.8 Å². The Morgan fingerprint density at radius 1 is 1.35 bits per heavy atom. The zero-order valence-electron chi connectivity index (χ0n) is 11.5. The summed E-state index contributed by atoms with van der Waals surface area (Å²) < 4.78 is 36.2. The number of carbonyl (C=O) groups is 1. The van der Waals surface area contributed by atoms with Crippen LogP contribution in [0.15, 0.2) is 0 Å². The molecule has 4 nitrogen and oxygen atoms in total. The standard InChI is InChI=1S/C13H22F3N3O/c14-13(15,16)9-18-12(20)11-3-5-19(8-11)7-10-2-1-4-17-6-10/h10-11,17H,1-9H2,(H,18,20). The maximum atomic E-state index is 12.1. The van der Waals surface area contributed by atoms with Crippen LogP contribution in [-0.2, 0) is 4.79 Å². The lowest BCUT2D eigenvalue weighted by Crippen LogP contribution is -2.40. The third-order valence-corrected chi connectivity index (χ3v) is 4.02. The fraction of sp³-hybridized carbons (Fsp3) is 0.923. The summed E-state index contributed by atoms with van der Waals surface area (Å²) in [5.74, 6) is -0.166. The van der Waals surface area contributed by atoms with Gasteiger partial charge in [-0.25, -0.2) is 0 Å². The lowest BCUT2D eigenvalue weighted by atomic mass is 9.99. The number of alkyl halides is 3. The van der Waals surface area contributed by atoms with Crippen LogP contribution in [0.3, 0.4) is 0 Å². The highest BCUT2D eigenvalue weighted by Crippen LogP contribution is 2.20. The highest BCUT2D eigenvalue weighted by Gasteiger charge is 2.33. The van der Waals surface area contributed by atoms with Crippen molar-refractivity contribution in [3.05, 3.63) is 0 Å². The van der Waals surface area contributed by atoms with E-state index in [2.05, 4.69) is 10.2 Å². The molecule has 0 aromatic heterocycles. The van der Waals surface area contributed by atoms with Crippen molar-refractivity contribution < 1.29 is 18.0 Å². The second kappa shape index (κ2) is 6.76. The predicted molar refractivity (Wildman–Crippen MR) is 69.2 cm³/mol. The fourth-order valence-corrected chi connectivity index (χ4v) is 2.99. The molecule has 2 aliphatic rings. The van der Waals surface area contributed by atoms with Crippen molar-refractivity contribution >= 4 is 5.91 Å². The molecule has 2 unspecified atom stereocenters. The van der Waals surface area contributed by atoms with Gasteiger partial charge in [0.05, 0.1) is 5.92 Å². The number of piperidine rings is 1. The van der Waals surface area contributed by atoms with Crippen LogP contribution in [0.4, 0.5) is 13.2 Å². The number of hydrogen-bond acceptors (Lipinski definition) is 3. The minimum absolute atomic E-state index is 0.297. The molecule has 20 heavy (non-hydrogen) atoms. The van der Waals surface area contributed by atoms with E-state index in [0.29, 0.717) is 18.9 Å². The average molecular weight is 293 g/mol. The first-order chi connectivity index (χ1) is 9.44. The van der Waals surface area contributed by atoms with Crippen LogP contribution in [0, 0.1) is 11.8 Å². The van der Waals surface area contributed by atoms with E-state index in [0.717, 1.165) is 26.2 Å². The molecule has 7 heteroatoms. The molecule has 0 saturated carbocycles. The molecule has 2 aliphatic heterocycles. The molecule has 0 aromatic carbocycles. The predicted octanol–water partition coefficient (Wildman–Crippen LogP) is 0.986. The van der Waals surface area contributed by atoms with Crippen molar-refractivity contribution in [1.82, 2.24) is 15.5 Å². The van der Waals surface area contributed by atoms with E-state index in [4.69, 9.17) is 0 Å². The number of nitrogens with one attached hydrogen (secondary N) is 2. The van der Waals surface area contributed by atoms with Gasteiger partial charge in [-0.3, -0.25) is 4.79 Å². The maximum Gasteiger partial charge on any atom is 0.405 e. The summed E-state index contributed by atoms with van der Waals surface area (Å²) in [4.78, 5) is 13.9. The Balaban J connectivity index is 1.70. The molecule has 116 valence electrons. The summed E-state index contributed by atoms with van der Waals surface area (Å²) in [6.45, 7) is 3.17. The number of amides is 1. The Morgan fingerprint density at radius 3 is 2.80 bits per heavy atom. The van der Waals surface area contributed by atoms with Gasteiger partial charge in [0.1, 0.15) is 6.54 Å². The normalized spacial score (nSPS) is 28.6. The van der Waals surface area contributed by atoms with E-state index < -0.39 is 18.6 Å². The molecule has 2 heterocycles. The highest BCUT2D eigenvalue weighted by molar-refractivity contribution is 5.79. The third-order valence-electron chi connectivity index (χ3n) is 4.02. The average Bonchev–Trinajstić information content (AvgIpc) is 2.85. The van der Waals surface area contributed by atoms with E-state index in [1.54, 1.807) is 0 Å². The Morgan fingerprint density at radius 2 is 2.15 bits per heavy atom. The van der Waals surface area contributed by atoms with E-state index in [1.165, 1.54) is 12.8 Å². The zero-order valence-corrected chi connectivity index (χ0v) is 11.5. The van der Waals surface area contributed by atoms with Gasteiger partial charge in [-0.15, -0.1) is 0 Å². The molecule has 2 N–H and O–H groups in total. The largest absolute Gasteiger partial charge is 0.405 e. The molecule has 0 aromatic rings. The summed E-state index contributed by atoms with van der Waals surface area (Å²) in [6.07, 6.45) is -1.31. The molecular weight excluding hydrogens is 271 g/mol. The minimum Gasteiger partial charge on any atom is -0.347 e. The summed E-state index contributed by atoms with van der Waals surface area (Å²) in [6, 6.07) is 0. The van der Waals surface area contributed by atoms with Gasteiger partial charge in [-0.2, -0.15) is 13.2 Å². The van der Waals surface area contributed by atoms with Crippen molar-refractivity contribution in [1.29, 1.82) is 0 Å². The number of hydrogen-bond donors (Lipinski definition) is 2. The number of likely N-dealkylation sites (tertiary alicyclic amines) is 1. The monoisotopic (exact) mass is 293 g/mol. The molecular formula is C13H22F3N3O. The number of rotatable bonds is 4. The second-order valence-corrected chi connectivity index (χ2v) is 5.79. The molecule has 0 radical (unpaired) electrons. The molecule has 0 bridgehead atoms. The summed E-state index contributed by atoms with van der Waals surface area (Å²) in [7, 11) is 0. The van der Waals surface area contributed by atoms with Gasteiger partial charge in [-0.1, -0.05) is 0 Å². The molecule has 2 atom stereocenters. The van der Waals surface area contributed by atoms with Gasteiger partial charge >= 0.3 is 6.18 Å². The van der Waals surface area contributed by atoms with Crippen molar-refractivity contribution in [3.63, 3.8) is 0 Å². The maximum absolute atomic E-state index is 12.1. The van der Waals surface area contributed by atoms with Crippen molar-refractivity contribution in [2.75, 3.05) is 39.3 Å². The van der Waals surface area contributed by atoms with Crippen LogP contribution in [-0.4, -0.2) is 56.3 Å². The van der Waals surface area contributed by atoms with Gasteiger partial charge in [0, 0.05) is 13.1 Å². The van der Waals surface area contributed by atoms with Gasteiger partial charge < -0.3 is 15.5 Å². The molecule has 0 spiro atoms. The van der Waals surface area contributed by atoms with Crippen LogP contribution in [0.5, 0.6) is 0 Å². The van der Waals surface area contributed by atoms with Crippen LogP contribution < -0.4 is 10.6 Å². The van der Waals surface area contributed by atoms with Gasteiger partial charge in [0.15, 0.2) is 0 Å². The first kappa shape index (κ1) is 15.6. The summed E-state index contributed by atoms with van der Waals surface area (Å²) in [5, 5.41) is 5.33. The number of nitrogens with zero attached hydrogens (tertiary/aromatic N) is 1. The van der Waals surface area contributed by atoms with Crippen molar-refractivity contribution in [3.8, 4) is 0 Å². The van der Waals surface area contributed by atoms with Gasteiger partial charge in [0.2, 0.25) is 5.91 Å². The summed E-state index contributed by atoms with van der Waals surface area (Å²) >= 11 is 0. The second-order valence-electron chi connectivity index (χ2n) is 5.79. The minimum atomic E-state index is -4.33. The van der Waals surface area contributed by atoms with Gasteiger partial charge in [0.25, 0.3) is 0 Å². The Kier molecular flexibility index (Phi) is 5.26. The van der Waals surface area contributed by atoms with E-state index in [1.807, 2.05) is 5.32 Å². The van der Waals surface area contributed by atoms with Crippen LogP contribution in [0.25, 0.3) is 0 Å². The lowest BCUT2D eigenvalue weighted by molar-refractivity contribution is -0.140. The lowest BCUT2D eigenvalue weighted by Gasteiger charge is -2.27. The first-order valence-electron chi connectivity index (χ1n) is 7.21. The Labute approximate surface area is 117 Å². The molecule has 0 aliphatic carbocycles. The van der Waals surface area contributed by atoms with Gasteiger partial charge in [-0.05, 0) is 44.8 Å². The van der Waals surface area contributed by atoms with E-state index >= 15 is 0 Å². The van der Waals surface area contributed by atoms with Crippen LogP contribution >= 0.6 is 0 Å². The smallest absolute Gasteiger partial charge is 0.347 e. The van der Waals surface area contributed by atoms with Crippen molar-refractivity contribution in [2.45, 2.75) is 25.4 Å². The SMILES string of the molecule is O=C(NCC(F)(F)F)C1CCN(CC2CCCNC2)C1. The molecule has 2 rings (SSSR count). The number of halogens is 3. The fourth-order valence-electron chi connectivity index (χ4n) is 2.99. The third kappa shape index (κ3) is 4.94. The van der Waals surface area contributed by atoms with E-state index in [9.17, 15) is 18.0 Å². The Hall–Kier alpha value is -0.820. The highest BCUT2D eigenvalue weighted by atomic mass is 19.4. The number of carbonyl (C=O) groups excluding carboxylic acids is 1. The molecule has 2 saturated heterocycles. The Bertz CT molecular complexity index is 329. The molecule has 1 amide bonds. The first-order valence-corrected chi connectivity index (χ1v) is 7.21. The van der Waals surface area contributed by atoms with E-state index in [-0.39, 0.29) is 5.92 Å². The van der Waals surface area contributed by atoms with Crippen LogP contribution in [0.2, 0.25) is 0 Å². The van der Waals surface area contributed by atoms with Crippen LogP contribution in [0.1, 0.15) is 19.3 Å². The molecule has 2 fully saturated rings. The zero-order chi connectivity index (χ0) is 14.6. The summed E-state index contributed by atoms with van der Waals surface area (Å²) in [5.41, 5.74) is 0. The topological polar surface area (TPSA) is 44.4 Å². The quantitative estimate of drug-likeness (QED) is 0.812.